The lowest BCUT2D eigenvalue weighted by atomic mass is 9.97. The first-order chi connectivity index (χ1) is 22.6. The molecule has 46 heavy (non-hydrogen) atoms. The van der Waals surface area contributed by atoms with Gasteiger partial charge in [0.15, 0.2) is 0 Å². The van der Waals surface area contributed by atoms with Gasteiger partial charge >= 0.3 is 0 Å². The molecule has 234 valence electrons. The Morgan fingerprint density at radius 3 is 1.02 bits per heavy atom. The number of benzene rings is 4. The highest BCUT2D eigenvalue weighted by Gasteiger charge is 2.40. The van der Waals surface area contributed by atoms with E-state index in [2.05, 4.69) is 97.3 Å². The van der Waals surface area contributed by atoms with E-state index in [1.54, 1.807) is 0 Å². The van der Waals surface area contributed by atoms with Gasteiger partial charge in [-0.1, -0.05) is 149 Å². The first-order valence-corrected chi connectivity index (χ1v) is 17.1. The number of aryl methyl sites for hydroxylation is 2. The maximum absolute atomic E-state index is 13.2. The Morgan fingerprint density at radius 1 is 0.391 bits per heavy atom. The molecule has 2 heterocycles. The summed E-state index contributed by atoms with van der Waals surface area (Å²) in [5.74, 6) is -0.508. The molecule has 4 aromatic carbocycles. The number of fused-ring (bicyclic) bond motifs is 1. The van der Waals surface area contributed by atoms with Gasteiger partial charge in [0.1, 0.15) is 0 Å². The van der Waals surface area contributed by atoms with E-state index in [9.17, 15) is 9.59 Å². The van der Waals surface area contributed by atoms with Crippen molar-refractivity contribution >= 4 is 23.2 Å². The van der Waals surface area contributed by atoms with Gasteiger partial charge in [-0.05, 0) is 70.2 Å². The minimum Gasteiger partial charge on any atom is -0.321 e. The Bertz CT molecular complexity index is 1610. The molecule has 0 atom stereocenters. The smallest absolute Gasteiger partial charge is 0.258 e. The zero-order chi connectivity index (χ0) is 31.9. The Balaban J connectivity index is 1.17. The molecule has 2 aliphatic rings. The SMILES string of the molecule is CCCCCCc1ccc(-c2ccc(C3=C4C(=O)NC(c5ccc(-c6ccc(CCCCCC)cc6)cc5)=C4C(=O)N3)cc2)cc1. The first-order valence-electron chi connectivity index (χ1n) is 17.1. The standard InChI is InChI=1S/C42H44N2O2/c1-3-5-7-9-11-29-13-17-31(18-14-29)33-21-25-35(26-22-33)39-37-38(42(46)43-39)40(44-41(37)45)36-27-23-34(24-28-36)32-19-15-30(16-20-32)12-10-8-6-4-2/h13-28H,3-12H2,1-2H3,(H,43,46)(H,44,45). The average molecular weight is 609 g/mol. The molecule has 2 aliphatic heterocycles. The molecule has 4 aromatic rings. The normalized spacial score (nSPS) is 14.1. The van der Waals surface area contributed by atoms with Crippen LogP contribution in [0.25, 0.3) is 33.6 Å². The molecule has 0 bridgehead atoms. The third kappa shape index (κ3) is 6.92. The molecule has 2 N–H and O–H groups in total. The summed E-state index contributed by atoms with van der Waals surface area (Å²) in [4.78, 5) is 26.5. The number of unbranched alkanes of at least 4 members (excludes halogenated alkanes) is 6. The summed E-state index contributed by atoms with van der Waals surface area (Å²) in [6.07, 6.45) is 12.4. The van der Waals surface area contributed by atoms with Crippen LogP contribution in [0.1, 0.15) is 87.5 Å². The number of hydrogen-bond acceptors (Lipinski definition) is 2. The number of carbonyl (C=O) groups is 2. The van der Waals surface area contributed by atoms with Crippen LogP contribution in [0.4, 0.5) is 0 Å². The highest BCUT2D eigenvalue weighted by Crippen LogP contribution is 2.38. The Labute approximate surface area is 273 Å². The van der Waals surface area contributed by atoms with Crippen molar-refractivity contribution in [1.29, 1.82) is 0 Å². The summed E-state index contributed by atoms with van der Waals surface area (Å²) in [6.45, 7) is 4.48. The Kier molecular flexibility index (Phi) is 9.93. The van der Waals surface area contributed by atoms with E-state index in [0.717, 1.165) is 46.2 Å². The summed E-state index contributed by atoms with van der Waals surface area (Å²) in [5.41, 5.74) is 10.8. The van der Waals surface area contributed by atoms with Crippen molar-refractivity contribution in [3.63, 3.8) is 0 Å². The van der Waals surface area contributed by atoms with Crippen LogP contribution in [0, 0.1) is 0 Å². The van der Waals surface area contributed by atoms with Gasteiger partial charge in [-0.2, -0.15) is 0 Å². The van der Waals surface area contributed by atoms with Crippen LogP contribution >= 0.6 is 0 Å². The highest BCUT2D eigenvalue weighted by atomic mass is 16.2. The third-order valence-corrected chi connectivity index (χ3v) is 9.24. The number of amides is 2. The van der Waals surface area contributed by atoms with Crippen molar-refractivity contribution in [1.82, 2.24) is 10.6 Å². The van der Waals surface area contributed by atoms with E-state index >= 15 is 0 Å². The Hall–Kier alpha value is -4.70. The fourth-order valence-corrected chi connectivity index (χ4v) is 6.51. The lowest BCUT2D eigenvalue weighted by molar-refractivity contribution is -0.117. The fourth-order valence-electron chi connectivity index (χ4n) is 6.51. The molecule has 0 saturated carbocycles. The topological polar surface area (TPSA) is 58.2 Å². The van der Waals surface area contributed by atoms with Gasteiger partial charge in [0.25, 0.3) is 11.8 Å². The second-order valence-electron chi connectivity index (χ2n) is 12.6. The molecule has 0 aromatic heterocycles. The monoisotopic (exact) mass is 608 g/mol. The molecule has 2 amide bonds. The van der Waals surface area contributed by atoms with Crippen molar-refractivity contribution in [2.24, 2.45) is 0 Å². The van der Waals surface area contributed by atoms with Crippen molar-refractivity contribution in [3.8, 4) is 22.3 Å². The van der Waals surface area contributed by atoms with Crippen LogP contribution in [0.15, 0.2) is 108 Å². The molecule has 0 radical (unpaired) electrons. The van der Waals surface area contributed by atoms with E-state index in [4.69, 9.17) is 0 Å². The largest absolute Gasteiger partial charge is 0.321 e. The van der Waals surface area contributed by atoms with Crippen molar-refractivity contribution < 1.29 is 9.59 Å². The van der Waals surface area contributed by atoms with E-state index in [0.29, 0.717) is 22.5 Å². The molecule has 4 heteroatoms. The van der Waals surface area contributed by atoms with Crippen LogP contribution < -0.4 is 10.6 Å². The van der Waals surface area contributed by atoms with Gasteiger partial charge < -0.3 is 10.6 Å². The maximum Gasteiger partial charge on any atom is 0.258 e. The molecule has 0 spiro atoms. The minimum atomic E-state index is -0.254. The fraction of sp³-hybridized carbons (Fsp3) is 0.286. The van der Waals surface area contributed by atoms with Gasteiger partial charge in [0.2, 0.25) is 0 Å². The summed E-state index contributed by atoms with van der Waals surface area (Å²) in [7, 11) is 0. The molecule has 0 fully saturated rings. The van der Waals surface area contributed by atoms with Crippen molar-refractivity contribution in [2.75, 3.05) is 0 Å². The number of rotatable bonds is 14. The van der Waals surface area contributed by atoms with Crippen molar-refractivity contribution in [3.05, 3.63) is 130 Å². The zero-order valence-electron chi connectivity index (χ0n) is 27.1. The van der Waals surface area contributed by atoms with Crippen molar-refractivity contribution in [2.45, 2.75) is 78.1 Å². The van der Waals surface area contributed by atoms with Gasteiger partial charge in [0.05, 0.1) is 22.5 Å². The van der Waals surface area contributed by atoms with E-state index in [1.807, 2.05) is 24.3 Å². The number of hydrogen-bond donors (Lipinski definition) is 2. The molecule has 0 unspecified atom stereocenters. The van der Waals surface area contributed by atoms with Gasteiger partial charge in [-0.15, -0.1) is 0 Å². The first kappa shape index (κ1) is 31.3. The quantitative estimate of drug-likeness (QED) is 0.140. The van der Waals surface area contributed by atoms with Crippen LogP contribution in [-0.4, -0.2) is 11.8 Å². The van der Waals surface area contributed by atoms with E-state index in [1.165, 1.54) is 62.5 Å². The van der Waals surface area contributed by atoms with Crippen LogP contribution in [0.5, 0.6) is 0 Å². The molecule has 4 nitrogen and oxygen atoms in total. The van der Waals surface area contributed by atoms with Gasteiger partial charge in [-0.25, -0.2) is 0 Å². The van der Waals surface area contributed by atoms with Gasteiger partial charge in [0, 0.05) is 0 Å². The highest BCUT2D eigenvalue weighted by molar-refractivity contribution is 6.30. The minimum absolute atomic E-state index is 0.254. The van der Waals surface area contributed by atoms with Crippen LogP contribution in [0.2, 0.25) is 0 Å². The summed E-state index contributed by atoms with van der Waals surface area (Å²) >= 11 is 0. The van der Waals surface area contributed by atoms with Crippen LogP contribution in [0.3, 0.4) is 0 Å². The Morgan fingerprint density at radius 2 is 0.696 bits per heavy atom. The number of nitrogens with one attached hydrogen (secondary N) is 2. The third-order valence-electron chi connectivity index (χ3n) is 9.24. The second kappa shape index (κ2) is 14.6. The zero-order valence-corrected chi connectivity index (χ0v) is 27.1. The molecule has 6 rings (SSSR count). The van der Waals surface area contributed by atoms with Gasteiger partial charge in [-0.3, -0.25) is 9.59 Å². The maximum atomic E-state index is 13.2. The van der Waals surface area contributed by atoms with E-state index < -0.39 is 0 Å². The molecule has 0 saturated heterocycles. The lowest BCUT2D eigenvalue weighted by Gasteiger charge is -2.10. The van der Waals surface area contributed by atoms with E-state index in [-0.39, 0.29) is 11.8 Å². The summed E-state index contributed by atoms with van der Waals surface area (Å²) in [5, 5.41) is 5.97. The molecule has 0 aliphatic carbocycles. The molecular formula is C42H44N2O2. The van der Waals surface area contributed by atoms with Crippen LogP contribution in [-0.2, 0) is 22.4 Å². The molecular weight excluding hydrogens is 564 g/mol. The number of carbonyl (C=O) groups excluding carboxylic acids is 2. The summed E-state index contributed by atoms with van der Waals surface area (Å²) < 4.78 is 0. The average Bonchev–Trinajstić information content (AvgIpc) is 3.63. The predicted molar refractivity (Wildman–Crippen MR) is 190 cm³/mol. The summed E-state index contributed by atoms with van der Waals surface area (Å²) in [6, 6.07) is 33.7. The predicted octanol–water partition coefficient (Wildman–Crippen LogP) is 9.65. The second-order valence-corrected chi connectivity index (χ2v) is 12.6. The lowest BCUT2D eigenvalue weighted by Crippen LogP contribution is -2.21.